The third-order valence-electron chi connectivity index (χ3n) is 6.84. The van der Waals surface area contributed by atoms with Gasteiger partial charge in [-0.15, -0.1) is 0 Å². The number of rotatable bonds is 29. The highest BCUT2D eigenvalue weighted by Crippen LogP contribution is 2.16. The molecule has 0 aromatic rings. The van der Waals surface area contributed by atoms with Gasteiger partial charge in [0.1, 0.15) is 0 Å². The standard InChI is InChI=1S/C31H64N2S/c1-4-7-10-13-16-19-22-25-28-32-31-33(29-26-23-20-17-14-11-8-5-2)34-30-27-24-21-18-15-12-9-6-3/h31H,4-30H2,1-3H3/b32-31-. The summed E-state index contributed by atoms with van der Waals surface area (Å²) in [5, 5.41) is 0. The molecule has 0 aliphatic rings. The molecule has 0 atom stereocenters. The SMILES string of the molecule is CCCCCCCCCC/N=C\N(CCCCCCCCCC)SCCCCCCCCCC. The predicted octanol–water partition coefficient (Wildman–Crippen LogP) is 11.4. The molecular formula is C31H64N2S. The smallest absolute Gasteiger partial charge is 0.0949 e. The highest BCUT2D eigenvalue weighted by atomic mass is 32.2. The van der Waals surface area contributed by atoms with Crippen molar-refractivity contribution in [2.24, 2.45) is 4.99 Å². The summed E-state index contributed by atoms with van der Waals surface area (Å²) in [7, 11) is 0. The quantitative estimate of drug-likeness (QED) is 0.0442. The molecule has 204 valence electrons. The number of hydrogen-bond acceptors (Lipinski definition) is 2. The van der Waals surface area contributed by atoms with Gasteiger partial charge >= 0.3 is 0 Å². The second-order valence-corrected chi connectivity index (χ2v) is 11.6. The van der Waals surface area contributed by atoms with Crippen LogP contribution in [0.25, 0.3) is 0 Å². The Labute approximate surface area is 221 Å². The molecule has 0 heterocycles. The topological polar surface area (TPSA) is 15.6 Å². The van der Waals surface area contributed by atoms with E-state index in [2.05, 4.69) is 31.4 Å². The van der Waals surface area contributed by atoms with Crippen LogP contribution in [0.3, 0.4) is 0 Å². The van der Waals surface area contributed by atoms with Gasteiger partial charge in [-0.1, -0.05) is 156 Å². The molecule has 0 rings (SSSR count). The maximum Gasteiger partial charge on any atom is 0.0949 e. The van der Waals surface area contributed by atoms with E-state index in [1.807, 2.05) is 11.9 Å². The first-order valence-electron chi connectivity index (χ1n) is 15.7. The van der Waals surface area contributed by atoms with Crippen LogP contribution in [-0.2, 0) is 0 Å². The zero-order valence-corrected chi connectivity index (χ0v) is 24.8. The van der Waals surface area contributed by atoms with Crippen molar-refractivity contribution in [3.05, 3.63) is 0 Å². The molecule has 0 saturated carbocycles. The first-order chi connectivity index (χ1) is 16.8. The van der Waals surface area contributed by atoms with Gasteiger partial charge in [-0.05, 0) is 31.2 Å². The van der Waals surface area contributed by atoms with Crippen molar-refractivity contribution in [3.8, 4) is 0 Å². The van der Waals surface area contributed by atoms with E-state index in [4.69, 9.17) is 4.99 Å². The molecule has 0 radical (unpaired) electrons. The summed E-state index contributed by atoms with van der Waals surface area (Å²) in [4.78, 5) is 4.80. The largest absolute Gasteiger partial charge is 0.307 e. The lowest BCUT2D eigenvalue weighted by molar-refractivity contribution is 0.544. The van der Waals surface area contributed by atoms with Crippen LogP contribution < -0.4 is 0 Å². The van der Waals surface area contributed by atoms with E-state index in [-0.39, 0.29) is 0 Å². The fourth-order valence-electron chi connectivity index (χ4n) is 4.46. The molecule has 0 saturated heterocycles. The Bertz CT molecular complexity index is 386. The Morgan fingerprint density at radius 1 is 0.471 bits per heavy atom. The van der Waals surface area contributed by atoms with E-state index in [0.29, 0.717) is 0 Å². The summed E-state index contributed by atoms with van der Waals surface area (Å²) in [6.07, 6.45) is 35.7. The van der Waals surface area contributed by atoms with Crippen LogP contribution in [0.15, 0.2) is 4.99 Å². The zero-order chi connectivity index (χ0) is 24.8. The molecule has 0 aromatic carbocycles. The molecule has 0 bridgehead atoms. The van der Waals surface area contributed by atoms with Crippen molar-refractivity contribution < 1.29 is 0 Å². The average Bonchev–Trinajstić information content (AvgIpc) is 2.85. The molecule has 2 nitrogen and oxygen atoms in total. The Morgan fingerprint density at radius 3 is 1.32 bits per heavy atom. The molecule has 34 heavy (non-hydrogen) atoms. The fourth-order valence-corrected chi connectivity index (χ4v) is 5.42. The zero-order valence-electron chi connectivity index (χ0n) is 24.0. The van der Waals surface area contributed by atoms with Gasteiger partial charge < -0.3 is 4.31 Å². The first kappa shape index (κ1) is 33.8. The van der Waals surface area contributed by atoms with Crippen LogP contribution in [0.2, 0.25) is 0 Å². The minimum Gasteiger partial charge on any atom is -0.307 e. The summed E-state index contributed by atoms with van der Waals surface area (Å²) < 4.78 is 2.46. The molecular weight excluding hydrogens is 432 g/mol. The maximum atomic E-state index is 4.80. The lowest BCUT2D eigenvalue weighted by Crippen LogP contribution is -2.16. The van der Waals surface area contributed by atoms with Crippen LogP contribution in [0.5, 0.6) is 0 Å². The van der Waals surface area contributed by atoms with Gasteiger partial charge in [0, 0.05) is 18.8 Å². The van der Waals surface area contributed by atoms with Crippen molar-refractivity contribution in [1.29, 1.82) is 0 Å². The number of unbranched alkanes of at least 4 members (excludes halogenated alkanes) is 21. The van der Waals surface area contributed by atoms with E-state index >= 15 is 0 Å². The summed E-state index contributed by atoms with van der Waals surface area (Å²) >= 11 is 2.03. The monoisotopic (exact) mass is 496 g/mol. The second kappa shape index (κ2) is 30.9. The molecule has 0 N–H and O–H groups in total. The van der Waals surface area contributed by atoms with Crippen LogP contribution >= 0.6 is 11.9 Å². The summed E-state index contributed by atoms with van der Waals surface area (Å²) in [5.41, 5.74) is 0. The lowest BCUT2D eigenvalue weighted by atomic mass is 10.1. The lowest BCUT2D eigenvalue weighted by Gasteiger charge is -2.18. The minimum atomic E-state index is 1.02. The fraction of sp³-hybridized carbons (Fsp3) is 0.968. The van der Waals surface area contributed by atoms with E-state index in [1.54, 1.807) is 0 Å². The van der Waals surface area contributed by atoms with Crippen molar-refractivity contribution in [3.63, 3.8) is 0 Å². The molecule has 0 fully saturated rings. The van der Waals surface area contributed by atoms with Crippen molar-refractivity contribution in [2.75, 3.05) is 18.8 Å². The van der Waals surface area contributed by atoms with Crippen molar-refractivity contribution in [2.45, 2.75) is 175 Å². The van der Waals surface area contributed by atoms with E-state index in [0.717, 1.165) is 6.54 Å². The Kier molecular flexibility index (Phi) is 30.7. The average molecular weight is 497 g/mol. The van der Waals surface area contributed by atoms with Crippen LogP contribution in [0.1, 0.15) is 175 Å². The molecule has 0 aromatic heterocycles. The molecule has 0 aliphatic carbocycles. The van der Waals surface area contributed by atoms with Crippen LogP contribution in [-0.4, -0.2) is 29.5 Å². The van der Waals surface area contributed by atoms with Gasteiger partial charge in [-0.2, -0.15) is 0 Å². The van der Waals surface area contributed by atoms with Gasteiger partial charge in [-0.25, -0.2) is 0 Å². The minimum absolute atomic E-state index is 1.02. The van der Waals surface area contributed by atoms with Crippen LogP contribution in [0, 0.1) is 0 Å². The molecule has 0 unspecified atom stereocenters. The molecule has 3 heteroatoms. The summed E-state index contributed by atoms with van der Waals surface area (Å²) in [6, 6.07) is 0. The second-order valence-electron chi connectivity index (χ2n) is 10.4. The van der Waals surface area contributed by atoms with Crippen molar-refractivity contribution in [1.82, 2.24) is 4.31 Å². The molecule has 0 aliphatic heterocycles. The highest BCUT2D eigenvalue weighted by molar-refractivity contribution is 7.97. The number of nitrogens with zero attached hydrogens (tertiary/aromatic N) is 2. The Hall–Kier alpha value is -0.180. The van der Waals surface area contributed by atoms with Crippen LogP contribution in [0.4, 0.5) is 0 Å². The summed E-state index contributed by atoms with van der Waals surface area (Å²) in [6.45, 7) is 9.09. The normalized spacial score (nSPS) is 11.6. The van der Waals surface area contributed by atoms with Crippen molar-refractivity contribution >= 4 is 18.3 Å². The summed E-state index contributed by atoms with van der Waals surface area (Å²) in [5.74, 6) is 1.26. The Morgan fingerprint density at radius 2 is 0.853 bits per heavy atom. The predicted molar refractivity (Wildman–Crippen MR) is 160 cm³/mol. The number of aliphatic imine (C=N–C) groups is 1. The van der Waals surface area contributed by atoms with Gasteiger partial charge in [-0.3, -0.25) is 4.99 Å². The Balaban J connectivity index is 3.95. The first-order valence-corrected chi connectivity index (χ1v) is 16.7. The van der Waals surface area contributed by atoms with Gasteiger partial charge in [0.05, 0.1) is 6.34 Å². The van der Waals surface area contributed by atoms with E-state index < -0.39 is 0 Å². The van der Waals surface area contributed by atoms with Gasteiger partial charge in [0.2, 0.25) is 0 Å². The number of hydrogen-bond donors (Lipinski definition) is 0. The molecule has 0 spiro atoms. The highest BCUT2D eigenvalue weighted by Gasteiger charge is 2.02. The van der Waals surface area contributed by atoms with E-state index in [9.17, 15) is 0 Å². The third kappa shape index (κ3) is 28.1. The van der Waals surface area contributed by atoms with Gasteiger partial charge in [0.15, 0.2) is 0 Å². The maximum absolute atomic E-state index is 4.80. The van der Waals surface area contributed by atoms with Gasteiger partial charge in [0.25, 0.3) is 0 Å². The molecule has 0 amide bonds. The third-order valence-corrected chi connectivity index (χ3v) is 7.92. The van der Waals surface area contributed by atoms with E-state index in [1.165, 1.54) is 166 Å².